The van der Waals surface area contributed by atoms with Crippen LogP contribution in [0.25, 0.3) is 10.9 Å². The molecule has 218 valence electrons. The first kappa shape index (κ1) is 29.4. The molecule has 2 N–H and O–H groups in total. The van der Waals surface area contributed by atoms with Crippen LogP contribution in [0.5, 0.6) is 0 Å². The molecule has 1 saturated heterocycles. The van der Waals surface area contributed by atoms with Crippen molar-refractivity contribution in [1.82, 2.24) is 8.87 Å². The van der Waals surface area contributed by atoms with Crippen molar-refractivity contribution in [3.05, 3.63) is 102 Å². The van der Waals surface area contributed by atoms with Gasteiger partial charge in [0.15, 0.2) is 5.79 Å². The fourth-order valence-electron chi connectivity index (χ4n) is 5.83. The van der Waals surface area contributed by atoms with Crippen LogP contribution in [0.15, 0.2) is 95.9 Å². The van der Waals surface area contributed by atoms with Crippen LogP contribution in [0, 0.1) is 0 Å². The summed E-state index contributed by atoms with van der Waals surface area (Å²) >= 11 is 0. The van der Waals surface area contributed by atoms with E-state index in [1.807, 2.05) is 74.5 Å². The Labute approximate surface area is 242 Å². The standard InChI is InChI=1S/C32H39N3O5S/c1-3-39-32(40-4-2)19-20-34(21-22-38-24-25-13-7-5-8-14-25)30(31(32)33)29-23-26-15-11-12-18-28(26)35(29)41(36,37)27-16-9-6-10-17-27/h5-18,23,30-31H,3-4,19-22,24,33H2,1-2H3/t30-,31+/m1/s1. The first-order chi connectivity index (χ1) is 19.9. The Morgan fingerprint density at radius 2 is 1.54 bits per heavy atom. The number of nitrogens with two attached hydrogens (primary N) is 1. The molecule has 0 amide bonds. The summed E-state index contributed by atoms with van der Waals surface area (Å²) in [7, 11) is -3.95. The van der Waals surface area contributed by atoms with E-state index in [4.69, 9.17) is 19.9 Å². The van der Waals surface area contributed by atoms with Gasteiger partial charge in [0.2, 0.25) is 0 Å². The monoisotopic (exact) mass is 577 g/mol. The second kappa shape index (κ2) is 12.9. The lowest BCUT2D eigenvalue weighted by Crippen LogP contribution is -2.64. The van der Waals surface area contributed by atoms with Gasteiger partial charge in [0.05, 0.1) is 41.4 Å². The Kier molecular flexibility index (Phi) is 9.23. The van der Waals surface area contributed by atoms with Gasteiger partial charge >= 0.3 is 0 Å². The maximum absolute atomic E-state index is 14.2. The van der Waals surface area contributed by atoms with E-state index in [9.17, 15) is 8.42 Å². The molecule has 0 bridgehead atoms. The molecule has 1 fully saturated rings. The second-order valence-corrected chi connectivity index (χ2v) is 12.0. The fraction of sp³-hybridized carbons (Fsp3) is 0.375. The number of benzene rings is 3. The number of hydrogen-bond donors (Lipinski definition) is 1. The molecular formula is C32H39N3O5S. The van der Waals surface area contributed by atoms with Crippen LogP contribution in [-0.4, -0.2) is 62.0 Å². The highest BCUT2D eigenvalue weighted by molar-refractivity contribution is 7.90. The SMILES string of the molecule is CCOC1(OCC)CCN(CCOCc2ccccc2)[C@H](c2cc3ccccc3n2S(=O)(=O)c2ccccc2)[C@@H]1N. The van der Waals surface area contributed by atoms with E-state index in [2.05, 4.69) is 4.90 Å². The predicted molar refractivity (Wildman–Crippen MR) is 160 cm³/mol. The van der Waals surface area contributed by atoms with Gasteiger partial charge in [-0.1, -0.05) is 66.7 Å². The van der Waals surface area contributed by atoms with Crippen molar-refractivity contribution in [2.75, 3.05) is 32.9 Å². The Hall–Kier alpha value is -3.05. The van der Waals surface area contributed by atoms with E-state index in [1.54, 1.807) is 30.3 Å². The Morgan fingerprint density at radius 3 is 2.22 bits per heavy atom. The Bertz CT molecular complexity index is 1520. The average molecular weight is 578 g/mol. The minimum absolute atomic E-state index is 0.214. The van der Waals surface area contributed by atoms with Crippen LogP contribution in [0.3, 0.4) is 0 Å². The van der Waals surface area contributed by atoms with Crippen LogP contribution >= 0.6 is 0 Å². The van der Waals surface area contributed by atoms with Gasteiger partial charge in [-0.15, -0.1) is 0 Å². The van der Waals surface area contributed by atoms with Gasteiger partial charge in [0.25, 0.3) is 10.0 Å². The lowest BCUT2D eigenvalue weighted by molar-refractivity contribution is -0.272. The fourth-order valence-corrected chi connectivity index (χ4v) is 7.41. The minimum atomic E-state index is -3.95. The van der Waals surface area contributed by atoms with Crippen molar-refractivity contribution in [3.63, 3.8) is 0 Å². The highest BCUT2D eigenvalue weighted by atomic mass is 32.2. The summed E-state index contributed by atoms with van der Waals surface area (Å²) in [5.41, 5.74) is 9.36. The molecule has 9 heteroatoms. The van der Waals surface area contributed by atoms with Gasteiger partial charge < -0.3 is 19.9 Å². The van der Waals surface area contributed by atoms with E-state index in [-0.39, 0.29) is 4.90 Å². The smallest absolute Gasteiger partial charge is 0.268 e. The van der Waals surface area contributed by atoms with Gasteiger partial charge in [-0.3, -0.25) is 4.90 Å². The zero-order valence-corrected chi connectivity index (χ0v) is 24.5. The summed E-state index contributed by atoms with van der Waals surface area (Å²) in [6.07, 6.45) is 0.552. The molecule has 0 spiro atoms. The summed E-state index contributed by atoms with van der Waals surface area (Å²) < 4.78 is 48.4. The highest BCUT2D eigenvalue weighted by Gasteiger charge is 2.50. The quantitative estimate of drug-likeness (QED) is 0.188. The first-order valence-electron chi connectivity index (χ1n) is 14.2. The number of para-hydroxylation sites is 1. The van der Waals surface area contributed by atoms with E-state index in [0.29, 0.717) is 57.1 Å². The number of likely N-dealkylation sites (tertiary alicyclic amines) is 1. The molecule has 4 aromatic rings. The summed E-state index contributed by atoms with van der Waals surface area (Å²) in [5.74, 6) is -1.05. The molecule has 0 aliphatic carbocycles. The van der Waals surface area contributed by atoms with Gasteiger partial charge in [-0.2, -0.15) is 0 Å². The van der Waals surface area contributed by atoms with E-state index in [0.717, 1.165) is 10.9 Å². The zero-order chi connectivity index (χ0) is 28.9. The maximum atomic E-state index is 14.2. The molecule has 1 aliphatic rings. The predicted octanol–water partition coefficient (Wildman–Crippen LogP) is 4.94. The molecule has 5 rings (SSSR count). The highest BCUT2D eigenvalue weighted by Crippen LogP contribution is 2.41. The molecule has 41 heavy (non-hydrogen) atoms. The maximum Gasteiger partial charge on any atom is 0.268 e. The van der Waals surface area contributed by atoms with E-state index in [1.165, 1.54) is 3.97 Å². The molecule has 0 saturated carbocycles. The average Bonchev–Trinajstić information content (AvgIpc) is 3.38. The van der Waals surface area contributed by atoms with E-state index < -0.39 is 27.9 Å². The van der Waals surface area contributed by atoms with Gasteiger partial charge in [-0.05, 0) is 43.7 Å². The Morgan fingerprint density at radius 1 is 0.902 bits per heavy atom. The van der Waals surface area contributed by atoms with Gasteiger partial charge in [0.1, 0.15) is 0 Å². The molecule has 1 aliphatic heterocycles. The topological polar surface area (TPSA) is 96.0 Å². The van der Waals surface area contributed by atoms with Crippen LogP contribution in [0.1, 0.15) is 37.6 Å². The number of piperidine rings is 1. The molecule has 0 unspecified atom stereocenters. The molecule has 2 heterocycles. The lowest BCUT2D eigenvalue weighted by Gasteiger charge is -2.50. The van der Waals surface area contributed by atoms with Crippen molar-refractivity contribution in [3.8, 4) is 0 Å². The van der Waals surface area contributed by atoms with E-state index >= 15 is 0 Å². The summed E-state index contributed by atoms with van der Waals surface area (Å²) in [4.78, 5) is 2.42. The second-order valence-electron chi connectivity index (χ2n) is 10.2. The third-order valence-corrected chi connectivity index (χ3v) is 9.43. The number of hydrogen-bond acceptors (Lipinski definition) is 7. The molecular weight excluding hydrogens is 538 g/mol. The molecule has 3 aromatic carbocycles. The van der Waals surface area contributed by atoms with Gasteiger partial charge in [0, 0.05) is 38.1 Å². The summed E-state index contributed by atoms with van der Waals surface area (Å²) in [6.45, 7) is 6.80. The number of rotatable bonds is 12. The molecule has 1 aromatic heterocycles. The first-order valence-corrected chi connectivity index (χ1v) is 15.7. The van der Waals surface area contributed by atoms with Gasteiger partial charge in [-0.25, -0.2) is 12.4 Å². The number of aromatic nitrogens is 1. The largest absolute Gasteiger partial charge is 0.375 e. The van der Waals surface area contributed by atoms with Crippen molar-refractivity contribution in [1.29, 1.82) is 0 Å². The third kappa shape index (κ3) is 5.97. The zero-order valence-electron chi connectivity index (χ0n) is 23.7. The number of nitrogens with zero attached hydrogens (tertiary/aromatic N) is 2. The normalized spacial score (nSPS) is 19.5. The lowest BCUT2D eigenvalue weighted by atomic mass is 9.88. The van der Waals surface area contributed by atoms with Crippen LogP contribution in [-0.2, 0) is 30.8 Å². The van der Waals surface area contributed by atoms with Crippen molar-refractivity contribution in [2.45, 2.75) is 49.6 Å². The Balaban J connectivity index is 1.57. The summed E-state index contributed by atoms with van der Waals surface area (Å²) in [6, 6.07) is 26.8. The van der Waals surface area contributed by atoms with Crippen LogP contribution in [0.4, 0.5) is 0 Å². The number of ether oxygens (including phenoxy) is 3. The van der Waals surface area contributed by atoms with Crippen LogP contribution in [0.2, 0.25) is 0 Å². The van der Waals surface area contributed by atoms with Crippen LogP contribution < -0.4 is 5.73 Å². The molecule has 8 nitrogen and oxygen atoms in total. The van der Waals surface area contributed by atoms with Crippen molar-refractivity contribution in [2.24, 2.45) is 5.73 Å². The number of fused-ring (bicyclic) bond motifs is 1. The minimum Gasteiger partial charge on any atom is -0.375 e. The third-order valence-electron chi connectivity index (χ3n) is 7.68. The van der Waals surface area contributed by atoms with Crippen molar-refractivity contribution < 1.29 is 22.6 Å². The van der Waals surface area contributed by atoms with Crippen molar-refractivity contribution >= 4 is 20.9 Å². The summed E-state index contributed by atoms with van der Waals surface area (Å²) in [5, 5.41) is 0.818. The molecule has 2 atom stereocenters. The molecule has 0 radical (unpaired) electrons.